The Morgan fingerprint density at radius 3 is 2.32 bits per heavy atom. The summed E-state index contributed by atoms with van der Waals surface area (Å²) < 4.78 is 41.0. The van der Waals surface area contributed by atoms with Crippen molar-refractivity contribution in [3.63, 3.8) is 0 Å². The van der Waals surface area contributed by atoms with E-state index in [9.17, 15) is 22.8 Å². The number of likely N-dealkylation sites (tertiary alicyclic amines) is 1. The van der Waals surface area contributed by atoms with Crippen molar-refractivity contribution in [1.29, 1.82) is 0 Å². The van der Waals surface area contributed by atoms with Gasteiger partial charge in [0.15, 0.2) is 0 Å². The maximum atomic E-state index is 14.2. The van der Waals surface area contributed by atoms with Crippen LogP contribution >= 0.6 is 0 Å². The van der Waals surface area contributed by atoms with Crippen LogP contribution in [-0.4, -0.2) is 36.3 Å². The highest BCUT2D eigenvalue weighted by Gasteiger charge is 2.41. The molecule has 0 saturated carbocycles. The molecule has 1 fully saturated rings. The van der Waals surface area contributed by atoms with Gasteiger partial charge in [-0.3, -0.25) is 9.59 Å². The number of rotatable bonds is 8. The molecular weight excluding hydrogens is 479 g/mol. The second kappa shape index (κ2) is 11.2. The van der Waals surface area contributed by atoms with E-state index in [0.29, 0.717) is 37.1 Å². The van der Waals surface area contributed by atoms with E-state index in [1.54, 1.807) is 24.3 Å². The lowest BCUT2D eigenvalue weighted by molar-refractivity contribution is -0.138. The van der Waals surface area contributed by atoms with Crippen molar-refractivity contribution < 1.29 is 22.8 Å². The molecule has 2 atom stereocenters. The van der Waals surface area contributed by atoms with Crippen LogP contribution in [0.15, 0.2) is 66.7 Å². The van der Waals surface area contributed by atoms with Crippen LogP contribution in [0.1, 0.15) is 43.4 Å². The third kappa shape index (κ3) is 5.85. The largest absolute Gasteiger partial charge is 0.355 e. The molecule has 0 spiro atoms. The van der Waals surface area contributed by atoms with Crippen LogP contribution in [0.5, 0.6) is 0 Å². The van der Waals surface area contributed by atoms with Gasteiger partial charge in [0.05, 0.1) is 12.6 Å². The predicted molar refractivity (Wildman–Crippen MR) is 136 cm³/mol. The lowest BCUT2D eigenvalue weighted by Crippen LogP contribution is -2.48. The van der Waals surface area contributed by atoms with E-state index in [4.69, 9.17) is 5.73 Å². The van der Waals surface area contributed by atoms with Gasteiger partial charge in [0.25, 0.3) is 0 Å². The predicted octanol–water partition coefficient (Wildman–Crippen LogP) is 4.86. The third-order valence-corrected chi connectivity index (χ3v) is 7.31. The summed E-state index contributed by atoms with van der Waals surface area (Å²) in [6.45, 7) is 2.67. The average molecular weight is 510 g/mol. The van der Waals surface area contributed by atoms with E-state index >= 15 is 0 Å². The van der Waals surface area contributed by atoms with Gasteiger partial charge in [0, 0.05) is 36.6 Å². The molecule has 1 aliphatic rings. The zero-order valence-corrected chi connectivity index (χ0v) is 20.6. The molecule has 0 radical (unpaired) electrons. The topological polar surface area (TPSA) is 75.4 Å². The normalized spacial score (nSPS) is 18.5. The average Bonchev–Trinajstić information content (AvgIpc) is 2.89. The van der Waals surface area contributed by atoms with Crippen molar-refractivity contribution in [3.8, 4) is 11.1 Å². The fraction of sp³-hybridized carbons (Fsp3) is 0.310. The molecular formula is C29H30F3N3O2. The van der Waals surface area contributed by atoms with E-state index in [1.165, 1.54) is 24.3 Å². The van der Waals surface area contributed by atoms with Gasteiger partial charge in [-0.1, -0.05) is 36.4 Å². The van der Waals surface area contributed by atoms with Crippen LogP contribution in [0, 0.1) is 17.5 Å². The Kier molecular flexibility index (Phi) is 7.97. The maximum absolute atomic E-state index is 14.2. The molecule has 3 aromatic rings. The smallest absolute Gasteiger partial charge is 0.233 e. The highest BCUT2D eigenvalue weighted by molar-refractivity contribution is 5.80. The molecule has 194 valence electrons. The fourth-order valence-electron chi connectivity index (χ4n) is 5.11. The maximum Gasteiger partial charge on any atom is 0.233 e. The van der Waals surface area contributed by atoms with Gasteiger partial charge in [-0.15, -0.1) is 0 Å². The standard InChI is InChI=1S/C29H30F3N3O2/c1-19(20-2-4-21(5-3-20)25-11-10-24(31)16-26(25)32)35-15-13-29(17-28(35)37,12-14-34-27(36)18-33)22-6-8-23(30)9-7-22/h2-11,16,19H,12-15,17-18,33H2,1H3,(H,34,36)/t19-,29-/m0/s1. The SMILES string of the molecule is C[C@@H](c1ccc(-c2ccc(F)cc2F)cc1)N1CC[C@](CCNC(=O)CN)(c2ccc(F)cc2)CC1=O. The molecule has 8 heteroatoms. The molecule has 1 aliphatic heterocycles. The van der Waals surface area contributed by atoms with Gasteiger partial charge in [0.2, 0.25) is 11.8 Å². The minimum Gasteiger partial charge on any atom is -0.355 e. The molecule has 0 bridgehead atoms. The molecule has 2 amide bonds. The second-order valence-electron chi connectivity index (χ2n) is 9.53. The highest BCUT2D eigenvalue weighted by Crippen LogP contribution is 2.41. The van der Waals surface area contributed by atoms with Gasteiger partial charge in [-0.05, 0) is 60.7 Å². The third-order valence-electron chi connectivity index (χ3n) is 7.31. The van der Waals surface area contributed by atoms with Crippen LogP contribution in [0.2, 0.25) is 0 Å². The van der Waals surface area contributed by atoms with E-state index in [1.807, 2.05) is 24.0 Å². The Labute approximate surface area is 214 Å². The summed E-state index contributed by atoms with van der Waals surface area (Å²) >= 11 is 0. The fourth-order valence-corrected chi connectivity index (χ4v) is 5.11. The number of nitrogens with one attached hydrogen (secondary N) is 1. The zero-order chi connectivity index (χ0) is 26.6. The van der Waals surface area contributed by atoms with Gasteiger partial charge < -0.3 is 16.0 Å². The lowest BCUT2D eigenvalue weighted by atomic mass is 9.70. The summed E-state index contributed by atoms with van der Waals surface area (Å²) in [6, 6.07) is 16.7. The Balaban J connectivity index is 1.51. The number of benzene rings is 3. The number of piperidine rings is 1. The lowest BCUT2D eigenvalue weighted by Gasteiger charge is -2.44. The van der Waals surface area contributed by atoms with Crippen molar-refractivity contribution >= 4 is 11.8 Å². The van der Waals surface area contributed by atoms with Crippen LogP contribution in [0.3, 0.4) is 0 Å². The molecule has 4 rings (SSSR count). The number of hydrogen-bond donors (Lipinski definition) is 2. The Morgan fingerprint density at radius 1 is 1.03 bits per heavy atom. The molecule has 3 N–H and O–H groups in total. The van der Waals surface area contributed by atoms with Gasteiger partial charge >= 0.3 is 0 Å². The highest BCUT2D eigenvalue weighted by atomic mass is 19.1. The monoisotopic (exact) mass is 509 g/mol. The first-order valence-corrected chi connectivity index (χ1v) is 12.3. The van der Waals surface area contributed by atoms with Crippen LogP contribution < -0.4 is 11.1 Å². The van der Waals surface area contributed by atoms with Crippen molar-refractivity contribution in [2.24, 2.45) is 5.73 Å². The van der Waals surface area contributed by atoms with Crippen molar-refractivity contribution in [1.82, 2.24) is 10.2 Å². The molecule has 0 aliphatic carbocycles. The first-order chi connectivity index (χ1) is 17.7. The molecule has 1 saturated heterocycles. The summed E-state index contributed by atoms with van der Waals surface area (Å²) in [6.07, 6.45) is 1.39. The minimum atomic E-state index is -0.633. The molecule has 3 aromatic carbocycles. The van der Waals surface area contributed by atoms with Gasteiger partial charge in [-0.25, -0.2) is 13.2 Å². The number of amides is 2. The van der Waals surface area contributed by atoms with Crippen molar-refractivity contribution in [3.05, 3.63) is 95.3 Å². The first-order valence-electron chi connectivity index (χ1n) is 12.3. The van der Waals surface area contributed by atoms with Gasteiger partial charge in [-0.2, -0.15) is 0 Å². The summed E-state index contributed by atoms with van der Waals surface area (Å²) in [5.41, 5.74) is 7.53. The van der Waals surface area contributed by atoms with E-state index in [-0.39, 0.29) is 36.6 Å². The molecule has 5 nitrogen and oxygen atoms in total. The summed E-state index contributed by atoms with van der Waals surface area (Å²) in [7, 11) is 0. The first kappa shape index (κ1) is 26.4. The molecule has 37 heavy (non-hydrogen) atoms. The summed E-state index contributed by atoms with van der Waals surface area (Å²) in [5.74, 6) is -1.92. The molecule has 1 heterocycles. The molecule has 0 unspecified atom stereocenters. The van der Waals surface area contributed by atoms with E-state index in [0.717, 1.165) is 17.2 Å². The number of halogens is 3. The van der Waals surface area contributed by atoms with Gasteiger partial charge in [0.1, 0.15) is 17.5 Å². The Bertz CT molecular complexity index is 1260. The molecule has 0 aromatic heterocycles. The van der Waals surface area contributed by atoms with Crippen molar-refractivity contribution in [2.75, 3.05) is 19.6 Å². The van der Waals surface area contributed by atoms with Crippen LogP contribution in [0.25, 0.3) is 11.1 Å². The Hall–Kier alpha value is -3.65. The number of carbonyl (C=O) groups is 2. The van der Waals surface area contributed by atoms with Crippen molar-refractivity contribution in [2.45, 2.75) is 37.6 Å². The minimum absolute atomic E-state index is 0.0399. The number of hydrogen-bond acceptors (Lipinski definition) is 3. The summed E-state index contributed by atoms with van der Waals surface area (Å²) in [5, 5.41) is 2.78. The van der Waals surface area contributed by atoms with Crippen LogP contribution in [-0.2, 0) is 15.0 Å². The Morgan fingerprint density at radius 2 is 1.70 bits per heavy atom. The number of nitrogens with zero attached hydrogens (tertiary/aromatic N) is 1. The summed E-state index contributed by atoms with van der Waals surface area (Å²) in [4.78, 5) is 26.9. The van der Waals surface area contributed by atoms with E-state index < -0.39 is 17.0 Å². The quantitative estimate of drug-likeness (QED) is 0.456. The number of nitrogens with two attached hydrogens (primary N) is 1. The van der Waals surface area contributed by atoms with E-state index in [2.05, 4.69) is 5.32 Å². The second-order valence-corrected chi connectivity index (χ2v) is 9.53. The van der Waals surface area contributed by atoms with Crippen LogP contribution in [0.4, 0.5) is 13.2 Å². The number of carbonyl (C=O) groups excluding carboxylic acids is 2. The zero-order valence-electron chi connectivity index (χ0n) is 20.6.